The maximum Gasteiger partial charge on any atom is 0.249 e. The Kier molecular flexibility index (Phi) is 5.37. The lowest BCUT2D eigenvalue weighted by molar-refractivity contribution is -0.143. The highest BCUT2D eigenvalue weighted by Gasteiger charge is 2.32. The average Bonchev–Trinajstić information content (AvgIpc) is 2.98. The van der Waals surface area contributed by atoms with Gasteiger partial charge in [-0.25, -0.2) is 0 Å². The minimum Gasteiger partial charge on any atom is -0.378 e. The zero-order chi connectivity index (χ0) is 14.5. The van der Waals surface area contributed by atoms with Crippen molar-refractivity contribution in [1.29, 1.82) is 0 Å². The Labute approximate surface area is 119 Å². The molecule has 0 aliphatic carbocycles. The van der Waals surface area contributed by atoms with E-state index in [0.29, 0.717) is 32.9 Å². The number of hydrogen-bond acceptors (Lipinski definition) is 4. The van der Waals surface area contributed by atoms with Crippen LogP contribution in [-0.2, 0) is 19.1 Å². The molecule has 2 heterocycles. The van der Waals surface area contributed by atoms with Gasteiger partial charge in [-0.1, -0.05) is 13.8 Å². The van der Waals surface area contributed by atoms with Gasteiger partial charge in [0, 0.05) is 19.7 Å². The minimum atomic E-state index is -0.482. The maximum absolute atomic E-state index is 12.5. The van der Waals surface area contributed by atoms with E-state index in [1.807, 2.05) is 13.8 Å². The van der Waals surface area contributed by atoms with E-state index in [9.17, 15) is 9.59 Å². The lowest BCUT2D eigenvalue weighted by Crippen LogP contribution is -2.55. The van der Waals surface area contributed by atoms with Crippen LogP contribution in [0, 0.1) is 5.92 Å². The molecule has 2 fully saturated rings. The highest BCUT2D eigenvalue weighted by atomic mass is 16.5. The Bertz CT molecular complexity index is 347. The Morgan fingerprint density at radius 2 is 1.90 bits per heavy atom. The highest BCUT2D eigenvalue weighted by molar-refractivity contribution is 5.89. The van der Waals surface area contributed by atoms with Crippen molar-refractivity contribution in [1.82, 2.24) is 10.2 Å². The zero-order valence-corrected chi connectivity index (χ0v) is 12.3. The van der Waals surface area contributed by atoms with Crippen molar-refractivity contribution in [2.75, 3.05) is 32.9 Å². The van der Waals surface area contributed by atoms with Gasteiger partial charge >= 0.3 is 0 Å². The SMILES string of the molecule is CC(C)[C@H](NC(=O)C1CCCO1)C(=O)N1CCOCC1. The predicted molar refractivity (Wildman–Crippen MR) is 73.1 cm³/mol. The number of rotatable bonds is 4. The molecule has 0 saturated carbocycles. The first-order chi connectivity index (χ1) is 9.59. The van der Waals surface area contributed by atoms with Crippen molar-refractivity contribution >= 4 is 11.8 Å². The largest absolute Gasteiger partial charge is 0.378 e. The van der Waals surface area contributed by atoms with Gasteiger partial charge in [0.1, 0.15) is 12.1 Å². The van der Waals surface area contributed by atoms with Crippen LogP contribution in [0.15, 0.2) is 0 Å². The van der Waals surface area contributed by atoms with Gasteiger partial charge in [0.2, 0.25) is 11.8 Å². The highest BCUT2D eigenvalue weighted by Crippen LogP contribution is 2.14. The van der Waals surface area contributed by atoms with Crippen LogP contribution in [0.2, 0.25) is 0 Å². The summed E-state index contributed by atoms with van der Waals surface area (Å²) in [6, 6.07) is -0.482. The van der Waals surface area contributed by atoms with Crippen LogP contribution in [0.4, 0.5) is 0 Å². The molecule has 1 N–H and O–H groups in total. The van der Waals surface area contributed by atoms with Crippen LogP contribution in [0.25, 0.3) is 0 Å². The molecule has 6 heteroatoms. The molecule has 1 unspecified atom stereocenters. The molecule has 0 bridgehead atoms. The number of amides is 2. The van der Waals surface area contributed by atoms with E-state index >= 15 is 0 Å². The topological polar surface area (TPSA) is 67.9 Å². The fourth-order valence-corrected chi connectivity index (χ4v) is 2.52. The zero-order valence-electron chi connectivity index (χ0n) is 12.3. The monoisotopic (exact) mass is 284 g/mol. The fraction of sp³-hybridized carbons (Fsp3) is 0.857. The molecule has 2 amide bonds. The molecule has 6 nitrogen and oxygen atoms in total. The fourth-order valence-electron chi connectivity index (χ4n) is 2.52. The van der Waals surface area contributed by atoms with E-state index in [2.05, 4.69) is 5.32 Å². The van der Waals surface area contributed by atoms with E-state index in [0.717, 1.165) is 12.8 Å². The minimum absolute atomic E-state index is 0.0188. The maximum atomic E-state index is 12.5. The summed E-state index contributed by atoms with van der Waals surface area (Å²) in [5.74, 6) is -0.131. The molecule has 2 atom stereocenters. The number of nitrogens with one attached hydrogen (secondary N) is 1. The first-order valence-corrected chi connectivity index (χ1v) is 7.38. The molecular formula is C14H24N2O4. The van der Waals surface area contributed by atoms with Crippen molar-refractivity contribution in [3.63, 3.8) is 0 Å². The summed E-state index contributed by atoms with van der Waals surface area (Å²) >= 11 is 0. The summed E-state index contributed by atoms with van der Waals surface area (Å²) in [4.78, 5) is 26.4. The first-order valence-electron chi connectivity index (χ1n) is 7.38. The molecule has 0 aromatic rings. The van der Waals surface area contributed by atoms with Gasteiger partial charge in [-0.15, -0.1) is 0 Å². The summed E-state index contributed by atoms with van der Waals surface area (Å²) in [5.41, 5.74) is 0. The Morgan fingerprint density at radius 3 is 2.45 bits per heavy atom. The molecule has 0 spiro atoms. The average molecular weight is 284 g/mol. The van der Waals surface area contributed by atoms with Gasteiger partial charge in [-0.05, 0) is 18.8 Å². The van der Waals surface area contributed by atoms with Crippen LogP contribution in [0.1, 0.15) is 26.7 Å². The van der Waals surface area contributed by atoms with Crippen molar-refractivity contribution < 1.29 is 19.1 Å². The Morgan fingerprint density at radius 1 is 1.20 bits per heavy atom. The quantitative estimate of drug-likeness (QED) is 0.799. The van der Waals surface area contributed by atoms with E-state index in [1.165, 1.54) is 0 Å². The lowest BCUT2D eigenvalue weighted by Gasteiger charge is -2.32. The molecule has 2 rings (SSSR count). The van der Waals surface area contributed by atoms with Gasteiger partial charge in [-0.2, -0.15) is 0 Å². The predicted octanol–water partition coefficient (Wildman–Crippen LogP) is 0.165. The number of carbonyl (C=O) groups excluding carboxylic acids is 2. The van der Waals surface area contributed by atoms with E-state index in [-0.39, 0.29) is 17.7 Å². The van der Waals surface area contributed by atoms with E-state index in [1.54, 1.807) is 4.90 Å². The number of nitrogens with zero attached hydrogens (tertiary/aromatic N) is 1. The molecule has 0 aromatic heterocycles. The van der Waals surface area contributed by atoms with Crippen molar-refractivity contribution in [3.05, 3.63) is 0 Å². The molecule has 20 heavy (non-hydrogen) atoms. The smallest absolute Gasteiger partial charge is 0.249 e. The third kappa shape index (κ3) is 3.70. The van der Waals surface area contributed by atoms with Crippen molar-refractivity contribution in [2.24, 2.45) is 5.92 Å². The van der Waals surface area contributed by atoms with E-state index in [4.69, 9.17) is 9.47 Å². The molecule has 2 aliphatic heterocycles. The number of morpholine rings is 1. The van der Waals surface area contributed by atoms with Gasteiger partial charge < -0.3 is 19.7 Å². The number of carbonyl (C=O) groups is 2. The molecule has 2 aliphatic rings. The number of ether oxygens (including phenoxy) is 2. The summed E-state index contributed by atoms with van der Waals surface area (Å²) in [7, 11) is 0. The lowest BCUT2D eigenvalue weighted by atomic mass is 10.0. The van der Waals surface area contributed by atoms with Gasteiger partial charge in [-0.3, -0.25) is 9.59 Å². The standard InChI is InChI=1S/C14H24N2O4/c1-10(2)12(14(18)16-5-8-19-9-6-16)15-13(17)11-4-3-7-20-11/h10-12H,3-9H2,1-2H3,(H,15,17)/t11?,12-/m0/s1. The summed E-state index contributed by atoms with van der Waals surface area (Å²) in [5, 5.41) is 2.86. The van der Waals surface area contributed by atoms with Gasteiger partial charge in [0.25, 0.3) is 0 Å². The van der Waals surface area contributed by atoms with E-state index < -0.39 is 12.1 Å². The second-order valence-corrected chi connectivity index (χ2v) is 5.67. The summed E-state index contributed by atoms with van der Waals surface area (Å²) in [6.45, 7) is 6.83. The normalized spacial score (nSPS) is 24.8. The number of hydrogen-bond donors (Lipinski definition) is 1. The first kappa shape index (κ1) is 15.3. The van der Waals surface area contributed by atoms with Crippen molar-refractivity contribution in [3.8, 4) is 0 Å². The molecular weight excluding hydrogens is 260 g/mol. The molecule has 114 valence electrons. The second kappa shape index (κ2) is 7.04. The van der Waals surface area contributed by atoms with Crippen LogP contribution >= 0.6 is 0 Å². The van der Waals surface area contributed by atoms with Crippen LogP contribution in [0.5, 0.6) is 0 Å². The Hall–Kier alpha value is -1.14. The second-order valence-electron chi connectivity index (χ2n) is 5.67. The molecule has 0 aromatic carbocycles. The third-order valence-electron chi connectivity index (χ3n) is 3.78. The molecule has 2 saturated heterocycles. The molecule has 0 radical (unpaired) electrons. The van der Waals surface area contributed by atoms with Crippen LogP contribution in [0.3, 0.4) is 0 Å². The third-order valence-corrected chi connectivity index (χ3v) is 3.78. The van der Waals surface area contributed by atoms with Crippen LogP contribution in [-0.4, -0.2) is 61.8 Å². The van der Waals surface area contributed by atoms with Crippen molar-refractivity contribution in [2.45, 2.75) is 38.8 Å². The van der Waals surface area contributed by atoms with Crippen LogP contribution < -0.4 is 5.32 Å². The van der Waals surface area contributed by atoms with Gasteiger partial charge in [0.05, 0.1) is 13.2 Å². The summed E-state index contributed by atoms with van der Waals surface area (Å²) < 4.78 is 10.6. The summed E-state index contributed by atoms with van der Waals surface area (Å²) in [6.07, 6.45) is 1.25. The van der Waals surface area contributed by atoms with Gasteiger partial charge in [0.15, 0.2) is 0 Å². The Balaban J connectivity index is 1.94.